The Morgan fingerprint density at radius 3 is 3.08 bits per heavy atom. The molecule has 0 aliphatic carbocycles. The van der Waals surface area contributed by atoms with Crippen LogP contribution in [0.4, 0.5) is 0 Å². The summed E-state index contributed by atoms with van der Waals surface area (Å²) in [5, 5.41) is 0.956. The maximum absolute atomic E-state index is 13.1. The monoisotopic (exact) mass is 351 g/mol. The van der Waals surface area contributed by atoms with E-state index >= 15 is 0 Å². The van der Waals surface area contributed by atoms with E-state index in [2.05, 4.69) is 9.97 Å². The molecule has 1 aromatic carbocycles. The highest BCUT2D eigenvalue weighted by molar-refractivity contribution is 5.98. The summed E-state index contributed by atoms with van der Waals surface area (Å²) >= 11 is 0. The van der Waals surface area contributed by atoms with E-state index in [4.69, 9.17) is 9.15 Å². The Labute approximate surface area is 151 Å². The Balaban J connectivity index is 1.51. The van der Waals surface area contributed by atoms with E-state index in [1.54, 1.807) is 18.6 Å². The van der Waals surface area contributed by atoms with Crippen molar-refractivity contribution in [2.45, 2.75) is 25.8 Å². The number of aryl methyl sites for hydroxylation is 2. The maximum atomic E-state index is 13.1. The topological polar surface area (TPSA) is 68.5 Å². The van der Waals surface area contributed by atoms with E-state index in [1.165, 1.54) is 0 Å². The first-order valence-corrected chi connectivity index (χ1v) is 8.84. The average molecular weight is 351 g/mol. The van der Waals surface area contributed by atoms with Gasteiger partial charge in [-0.2, -0.15) is 0 Å². The van der Waals surface area contributed by atoms with Crippen molar-refractivity contribution in [2.24, 2.45) is 0 Å². The standard InChI is InChI=1S/C20H21N3O3/c1-14-10-16-11-15(2-5-19(16)26-14)20(24)23-8-9-25-13-18(23)4-3-17-12-21-6-7-22-17/h2,5-7,10-12,18H,3-4,8-9,13H2,1H3/t18-/m1/s1. The lowest BCUT2D eigenvalue weighted by Gasteiger charge is -2.35. The van der Waals surface area contributed by atoms with E-state index in [0.29, 0.717) is 25.3 Å². The van der Waals surface area contributed by atoms with Crippen LogP contribution in [0, 0.1) is 6.92 Å². The molecule has 0 radical (unpaired) electrons. The van der Waals surface area contributed by atoms with Gasteiger partial charge in [-0.15, -0.1) is 0 Å². The van der Waals surface area contributed by atoms with E-state index in [-0.39, 0.29) is 11.9 Å². The van der Waals surface area contributed by atoms with Crippen LogP contribution < -0.4 is 0 Å². The Bertz CT molecular complexity index is 907. The quantitative estimate of drug-likeness (QED) is 0.723. The summed E-state index contributed by atoms with van der Waals surface area (Å²) in [6.07, 6.45) is 6.70. The Morgan fingerprint density at radius 1 is 1.31 bits per heavy atom. The van der Waals surface area contributed by atoms with E-state index < -0.39 is 0 Å². The normalized spacial score (nSPS) is 17.6. The smallest absolute Gasteiger partial charge is 0.254 e. The number of carbonyl (C=O) groups is 1. The van der Waals surface area contributed by atoms with Crippen LogP contribution in [0.2, 0.25) is 0 Å². The molecule has 0 bridgehead atoms. The SMILES string of the molecule is Cc1cc2cc(C(=O)N3CCOC[C@H]3CCc3cnccn3)ccc2o1. The van der Waals surface area contributed by atoms with Gasteiger partial charge in [0.05, 0.1) is 24.9 Å². The summed E-state index contributed by atoms with van der Waals surface area (Å²) in [6.45, 7) is 3.64. The molecule has 6 heteroatoms. The third-order valence-corrected chi connectivity index (χ3v) is 4.73. The summed E-state index contributed by atoms with van der Waals surface area (Å²) in [5.74, 6) is 0.885. The molecule has 1 aliphatic rings. The van der Waals surface area contributed by atoms with Crippen molar-refractivity contribution < 1.29 is 13.9 Å². The van der Waals surface area contributed by atoms with Crippen molar-refractivity contribution in [3.63, 3.8) is 0 Å². The number of fused-ring (bicyclic) bond motifs is 1. The Hall–Kier alpha value is -2.73. The Morgan fingerprint density at radius 2 is 2.23 bits per heavy atom. The van der Waals surface area contributed by atoms with Crippen LogP contribution in [-0.2, 0) is 11.2 Å². The lowest BCUT2D eigenvalue weighted by atomic mass is 10.0. The van der Waals surface area contributed by atoms with Gasteiger partial charge in [-0.05, 0) is 44.0 Å². The van der Waals surface area contributed by atoms with E-state index in [0.717, 1.165) is 35.3 Å². The molecule has 2 aromatic heterocycles. The van der Waals surface area contributed by atoms with Crippen LogP contribution in [-0.4, -0.2) is 46.6 Å². The third-order valence-electron chi connectivity index (χ3n) is 4.73. The first-order chi connectivity index (χ1) is 12.7. The number of furan rings is 1. The van der Waals surface area contributed by atoms with Gasteiger partial charge in [0.15, 0.2) is 0 Å². The van der Waals surface area contributed by atoms with E-state index in [9.17, 15) is 4.79 Å². The van der Waals surface area contributed by atoms with Gasteiger partial charge in [-0.3, -0.25) is 14.8 Å². The summed E-state index contributed by atoms with van der Waals surface area (Å²) in [6, 6.07) is 7.60. The minimum Gasteiger partial charge on any atom is -0.461 e. The van der Waals surface area contributed by atoms with Gasteiger partial charge >= 0.3 is 0 Å². The highest BCUT2D eigenvalue weighted by Crippen LogP contribution is 2.23. The van der Waals surface area contributed by atoms with Crippen LogP contribution in [0.5, 0.6) is 0 Å². The van der Waals surface area contributed by atoms with Crippen molar-refractivity contribution >= 4 is 16.9 Å². The minimum absolute atomic E-state index is 0.0400. The highest BCUT2D eigenvalue weighted by Gasteiger charge is 2.28. The second kappa shape index (κ2) is 7.25. The summed E-state index contributed by atoms with van der Waals surface area (Å²) < 4.78 is 11.2. The number of ether oxygens (including phenoxy) is 1. The third kappa shape index (κ3) is 3.46. The number of nitrogens with zero attached hydrogens (tertiary/aromatic N) is 3. The largest absolute Gasteiger partial charge is 0.461 e. The number of morpholine rings is 1. The maximum Gasteiger partial charge on any atom is 0.254 e. The fourth-order valence-electron chi connectivity index (χ4n) is 3.41. The average Bonchev–Trinajstić information content (AvgIpc) is 3.06. The predicted molar refractivity (Wildman–Crippen MR) is 96.9 cm³/mol. The van der Waals surface area contributed by atoms with Gasteiger partial charge in [0.2, 0.25) is 0 Å². The van der Waals surface area contributed by atoms with Crippen molar-refractivity contribution in [1.29, 1.82) is 0 Å². The number of aromatic nitrogens is 2. The minimum atomic E-state index is 0.0400. The van der Waals surface area contributed by atoms with Crippen LogP contribution in [0.3, 0.4) is 0 Å². The lowest BCUT2D eigenvalue weighted by molar-refractivity contribution is -0.00412. The summed E-state index contributed by atoms with van der Waals surface area (Å²) in [4.78, 5) is 23.4. The zero-order valence-electron chi connectivity index (χ0n) is 14.7. The summed E-state index contributed by atoms with van der Waals surface area (Å²) in [7, 11) is 0. The number of hydrogen-bond donors (Lipinski definition) is 0. The van der Waals surface area contributed by atoms with Gasteiger partial charge in [0.1, 0.15) is 11.3 Å². The van der Waals surface area contributed by atoms with Gasteiger partial charge in [-0.25, -0.2) is 0 Å². The number of benzene rings is 1. The molecule has 0 saturated carbocycles. The van der Waals surface area contributed by atoms with Gasteiger partial charge in [0, 0.05) is 36.1 Å². The molecule has 1 fully saturated rings. The molecule has 1 aliphatic heterocycles. The molecule has 1 saturated heterocycles. The summed E-state index contributed by atoms with van der Waals surface area (Å²) in [5.41, 5.74) is 2.42. The molecule has 3 heterocycles. The van der Waals surface area contributed by atoms with E-state index in [1.807, 2.05) is 36.1 Å². The van der Waals surface area contributed by atoms with Crippen LogP contribution in [0.25, 0.3) is 11.0 Å². The molecular formula is C20H21N3O3. The second-order valence-electron chi connectivity index (χ2n) is 6.57. The molecular weight excluding hydrogens is 330 g/mol. The fourth-order valence-corrected chi connectivity index (χ4v) is 3.41. The van der Waals surface area contributed by atoms with Crippen molar-refractivity contribution in [1.82, 2.24) is 14.9 Å². The molecule has 3 aromatic rings. The van der Waals surface area contributed by atoms with Gasteiger partial charge in [-0.1, -0.05) is 0 Å². The first kappa shape index (κ1) is 16.7. The molecule has 6 nitrogen and oxygen atoms in total. The van der Waals surface area contributed by atoms with Crippen molar-refractivity contribution in [3.05, 3.63) is 59.9 Å². The number of carbonyl (C=O) groups excluding carboxylic acids is 1. The number of rotatable bonds is 4. The predicted octanol–water partition coefficient (Wildman–Crippen LogP) is 3.01. The van der Waals surface area contributed by atoms with Gasteiger partial charge in [0.25, 0.3) is 5.91 Å². The lowest BCUT2D eigenvalue weighted by Crippen LogP contribution is -2.48. The molecule has 1 amide bonds. The molecule has 0 unspecified atom stereocenters. The molecule has 0 N–H and O–H groups in total. The van der Waals surface area contributed by atoms with Crippen LogP contribution >= 0.6 is 0 Å². The molecule has 0 spiro atoms. The molecule has 26 heavy (non-hydrogen) atoms. The van der Waals surface area contributed by atoms with Crippen LogP contribution in [0.1, 0.15) is 28.2 Å². The first-order valence-electron chi connectivity index (χ1n) is 8.84. The second-order valence-corrected chi connectivity index (χ2v) is 6.57. The van der Waals surface area contributed by atoms with Crippen molar-refractivity contribution in [2.75, 3.05) is 19.8 Å². The van der Waals surface area contributed by atoms with Crippen LogP contribution in [0.15, 0.2) is 47.3 Å². The molecule has 1 atom stereocenters. The number of amides is 1. The van der Waals surface area contributed by atoms with Crippen molar-refractivity contribution in [3.8, 4) is 0 Å². The zero-order chi connectivity index (χ0) is 17.9. The van der Waals surface area contributed by atoms with Gasteiger partial charge < -0.3 is 14.1 Å². The molecule has 134 valence electrons. The zero-order valence-corrected chi connectivity index (χ0v) is 14.7. The highest BCUT2D eigenvalue weighted by atomic mass is 16.5. The molecule has 4 rings (SSSR count). The number of hydrogen-bond acceptors (Lipinski definition) is 5. The Kier molecular flexibility index (Phi) is 4.67. The fraction of sp³-hybridized carbons (Fsp3) is 0.350.